The van der Waals surface area contributed by atoms with Crippen LogP contribution in [0.2, 0.25) is 0 Å². The number of hydrogen-bond donors (Lipinski definition) is 1. The van der Waals surface area contributed by atoms with Crippen molar-refractivity contribution >= 4 is 27.5 Å². The van der Waals surface area contributed by atoms with Crippen molar-refractivity contribution in [3.8, 4) is 5.75 Å². The normalized spacial score (nSPS) is 15.0. The number of methoxy groups -OCH3 is 1. The van der Waals surface area contributed by atoms with E-state index in [1.165, 1.54) is 30.5 Å². The topological polar surface area (TPSA) is 96.0 Å². The van der Waals surface area contributed by atoms with E-state index in [0.717, 1.165) is 0 Å². The number of rotatable bonds is 5. The molecule has 0 aliphatic carbocycles. The second kappa shape index (κ2) is 8.62. The van der Waals surface area contributed by atoms with E-state index >= 15 is 0 Å². The maximum absolute atomic E-state index is 12.9. The summed E-state index contributed by atoms with van der Waals surface area (Å²) in [6.07, 6.45) is 0. The molecule has 2 aromatic carbocycles. The highest BCUT2D eigenvalue weighted by Gasteiger charge is 2.30. The van der Waals surface area contributed by atoms with Crippen LogP contribution in [0.25, 0.3) is 0 Å². The lowest BCUT2D eigenvalue weighted by atomic mass is 10.1. The molecule has 1 aliphatic rings. The molecule has 1 saturated heterocycles. The van der Waals surface area contributed by atoms with Crippen LogP contribution >= 0.6 is 0 Å². The van der Waals surface area contributed by atoms with Crippen molar-refractivity contribution in [2.75, 3.05) is 38.6 Å². The third-order valence-corrected chi connectivity index (χ3v) is 6.57. The molecule has 1 aliphatic heterocycles. The van der Waals surface area contributed by atoms with Gasteiger partial charge in [0.25, 0.3) is 5.91 Å². The Hall–Kier alpha value is -2.91. The summed E-state index contributed by atoms with van der Waals surface area (Å²) in [6.45, 7) is 2.42. The van der Waals surface area contributed by atoms with Gasteiger partial charge in [-0.15, -0.1) is 0 Å². The van der Waals surface area contributed by atoms with E-state index in [1.807, 2.05) is 0 Å². The molecule has 0 spiro atoms. The zero-order valence-corrected chi connectivity index (χ0v) is 17.1. The number of carbonyl (C=O) groups excluding carboxylic acids is 2. The Bertz CT molecular complexity index is 997. The summed E-state index contributed by atoms with van der Waals surface area (Å²) in [5.41, 5.74) is 1.04. The first-order chi connectivity index (χ1) is 13.8. The van der Waals surface area contributed by atoms with Gasteiger partial charge in [-0.25, -0.2) is 8.42 Å². The molecule has 0 atom stereocenters. The van der Waals surface area contributed by atoms with Crippen molar-refractivity contribution in [2.45, 2.75) is 11.8 Å². The van der Waals surface area contributed by atoms with E-state index < -0.39 is 10.0 Å². The van der Waals surface area contributed by atoms with Crippen LogP contribution in [0.4, 0.5) is 5.69 Å². The molecular formula is C20H23N3O5S. The van der Waals surface area contributed by atoms with E-state index in [4.69, 9.17) is 4.74 Å². The van der Waals surface area contributed by atoms with E-state index in [9.17, 15) is 18.0 Å². The molecule has 1 fully saturated rings. The number of amides is 2. The minimum absolute atomic E-state index is 0.152. The molecule has 8 nitrogen and oxygen atoms in total. The Morgan fingerprint density at radius 2 is 1.66 bits per heavy atom. The minimum atomic E-state index is -3.67. The van der Waals surface area contributed by atoms with Crippen molar-refractivity contribution in [3.05, 3.63) is 54.1 Å². The van der Waals surface area contributed by atoms with Gasteiger partial charge in [0.15, 0.2) is 0 Å². The van der Waals surface area contributed by atoms with E-state index in [1.54, 1.807) is 41.3 Å². The molecule has 0 radical (unpaired) electrons. The Morgan fingerprint density at radius 1 is 1.00 bits per heavy atom. The summed E-state index contributed by atoms with van der Waals surface area (Å²) in [5, 5.41) is 2.60. The first-order valence-corrected chi connectivity index (χ1v) is 10.6. The van der Waals surface area contributed by atoms with Gasteiger partial charge in [0.2, 0.25) is 15.9 Å². The second-order valence-corrected chi connectivity index (χ2v) is 8.57. The fourth-order valence-electron chi connectivity index (χ4n) is 3.13. The van der Waals surface area contributed by atoms with Gasteiger partial charge >= 0.3 is 0 Å². The lowest BCUT2D eigenvalue weighted by Gasteiger charge is -2.34. The van der Waals surface area contributed by atoms with Crippen molar-refractivity contribution in [1.29, 1.82) is 0 Å². The van der Waals surface area contributed by atoms with Gasteiger partial charge in [0, 0.05) is 44.4 Å². The highest BCUT2D eigenvalue weighted by molar-refractivity contribution is 7.89. The van der Waals surface area contributed by atoms with Gasteiger partial charge in [-0.3, -0.25) is 9.59 Å². The van der Waals surface area contributed by atoms with Gasteiger partial charge in [-0.05, 0) is 42.5 Å². The number of nitrogens with one attached hydrogen (secondary N) is 1. The number of benzene rings is 2. The molecule has 0 bridgehead atoms. The number of nitrogens with zero attached hydrogens (tertiary/aromatic N) is 2. The molecule has 0 unspecified atom stereocenters. The summed E-state index contributed by atoms with van der Waals surface area (Å²) in [5.74, 6) is 0.220. The van der Waals surface area contributed by atoms with Crippen LogP contribution in [-0.2, 0) is 14.8 Å². The average Bonchev–Trinajstić information content (AvgIpc) is 2.73. The van der Waals surface area contributed by atoms with Crippen LogP contribution in [0, 0.1) is 0 Å². The lowest BCUT2D eigenvalue weighted by molar-refractivity contribution is -0.114. The monoisotopic (exact) mass is 417 g/mol. The highest BCUT2D eigenvalue weighted by atomic mass is 32.2. The average molecular weight is 417 g/mol. The van der Waals surface area contributed by atoms with Gasteiger partial charge in [-0.2, -0.15) is 4.31 Å². The predicted molar refractivity (Wildman–Crippen MR) is 108 cm³/mol. The number of hydrogen-bond acceptors (Lipinski definition) is 5. The fraction of sp³-hybridized carbons (Fsp3) is 0.300. The molecular weight excluding hydrogens is 394 g/mol. The molecule has 1 heterocycles. The Balaban J connectivity index is 1.66. The zero-order valence-electron chi connectivity index (χ0n) is 16.3. The van der Waals surface area contributed by atoms with Crippen molar-refractivity contribution in [2.24, 2.45) is 0 Å². The fourth-order valence-corrected chi connectivity index (χ4v) is 4.55. The smallest absolute Gasteiger partial charge is 0.254 e. The molecule has 0 aromatic heterocycles. The van der Waals surface area contributed by atoms with Gasteiger partial charge in [0.05, 0.1) is 12.0 Å². The number of carbonyl (C=O) groups is 2. The second-order valence-electron chi connectivity index (χ2n) is 6.63. The maximum atomic E-state index is 12.9. The van der Waals surface area contributed by atoms with Gasteiger partial charge < -0.3 is 15.0 Å². The SMILES string of the molecule is COc1cccc(C(=O)N2CCN(S(=O)(=O)c3ccc(NC(C)=O)cc3)CC2)c1. The highest BCUT2D eigenvalue weighted by Crippen LogP contribution is 2.21. The van der Waals surface area contributed by atoms with Crippen LogP contribution < -0.4 is 10.1 Å². The quantitative estimate of drug-likeness (QED) is 0.800. The van der Waals surface area contributed by atoms with Gasteiger partial charge in [0.1, 0.15) is 5.75 Å². The van der Waals surface area contributed by atoms with Crippen molar-refractivity contribution < 1.29 is 22.7 Å². The molecule has 0 saturated carbocycles. The van der Waals surface area contributed by atoms with Gasteiger partial charge in [-0.1, -0.05) is 6.07 Å². The van der Waals surface area contributed by atoms with E-state index in [-0.39, 0.29) is 29.8 Å². The van der Waals surface area contributed by atoms with E-state index in [0.29, 0.717) is 30.1 Å². The Kier molecular flexibility index (Phi) is 6.19. The Labute approximate surface area is 170 Å². The minimum Gasteiger partial charge on any atom is -0.497 e. The summed E-state index contributed by atoms with van der Waals surface area (Å²) in [4.78, 5) is 25.6. The van der Waals surface area contributed by atoms with Crippen LogP contribution in [-0.4, -0.2) is 62.7 Å². The largest absolute Gasteiger partial charge is 0.497 e. The molecule has 29 heavy (non-hydrogen) atoms. The van der Waals surface area contributed by atoms with Crippen molar-refractivity contribution in [3.63, 3.8) is 0 Å². The summed E-state index contributed by atoms with van der Waals surface area (Å²) >= 11 is 0. The maximum Gasteiger partial charge on any atom is 0.254 e. The third-order valence-electron chi connectivity index (χ3n) is 4.66. The molecule has 1 N–H and O–H groups in total. The van der Waals surface area contributed by atoms with Crippen molar-refractivity contribution in [1.82, 2.24) is 9.21 Å². The van der Waals surface area contributed by atoms with Crippen LogP contribution in [0.5, 0.6) is 5.75 Å². The molecule has 3 rings (SSSR count). The number of ether oxygens (including phenoxy) is 1. The molecule has 9 heteroatoms. The van der Waals surface area contributed by atoms with Crippen LogP contribution in [0.1, 0.15) is 17.3 Å². The first kappa shape index (κ1) is 20.8. The van der Waals surface area contributed by atoms with Crippen LogP contribution in [0.3, 0.4) is 0 Å². The standard InChI is InChI=1S/C20H23N3O5S/c1-15(24)21-17-6-8-19(9-7-17)29(26,27)23-12-10-22(11-13-23)20(25)16-4-3-5-18(14-16)28-2/h3-9,14H,10-13H2,1-2H3,(H,21,24). The zero-order chi connectivity index (χ0) is 21.0. The number of piperazine rings is 1. The molecule has 2 aromatic rings. The predicted octanol–water partition coefficient (Wildman–Crippen LogP) is 1.80. The van der Waals surface area contributed by atoms with Crippen LogP contribution in [0.15, 0.2) is 53.4 Å². The Morgan fingerprint density at radius 3 is 2.24 bits per heavy atom. The summed E-state index contributed by atoms with van der Waals surface area (Å²) < 4.78 is 32.3. The first-order valence-electron chi connectivity index (χ1n) is 9.12. The third kappa shape index (κ3) is 4.75. The summed E-state index contributed by atoms with van der Waals surface area (Å²) in [6, 6.07) is 12.9. The number of sulfonamides is 1. The summed E-state index contributed by atoms with van der Waals surface area (Å²) in [7, 11) is -2.13. The van der Waals surface area contributed by atoms with E-state index in [2.05, 4.69) is 5.32 Å². The molecule has 2 amide bonds. The lowest BCUT2D eigenvalue weighted by Crippen LogP contribution is -2.50. The number of anilines is 1. The molecule has 154 valence electrons.